The van der Waals surface area contributed by atoms with Crippen LogP contribution in [0.5, 0.6) is 0 Å². The Kier molecular flexibility index (Phi) is 8.88. The Morgan fingerprint density at radius 2 is 1.93 bits per heavy atom. The van der Waals surface area contributed by atoms with E-state index in [0.29, 0.717) is 23.1 Å². The molecule has 5 atom stereocenters. The third kappa shape index (κ3) is 6.52. The first-order valence-corrected chi connectivity index (χ1v) is 15.9. The van der Waals surface area contributed by atoms with Gasteiger partial charge in [0.25, 0.3) is 0 Å². The van der Waals surface area contributed by atoms with Gasteiger partial charge in [0.15, 0.2) is 0 Å². The van der Waals surface area contributed by atoms with Crippen molar-refractivity contribution in [2.75, 3.05) is 6.54 Å². The lowest BCUT2D eigenvalue weighted by Crippen LogP contribution is -2.59. The first-order chi connectivity index (χ1) is 20.8. The maximum atomic E-state index is 14.4. The predicted molar refractivity (Wildman–Crippen MR) is 166 cm³/mol. The highest BCUT2D eigenvalue weighted by atomic mass is 35.5. The SMILES string of the molecule is C=C[C@@H]1C[C@]1(NC(=O)[C@@H]1C[C@]2(C=C(c3cccc(Cl)c3)NO2)CN1C(=O)[C@@H](NC(=O)CC1CCCCC1)C(C)(C)C)C(=O)O. The molecule has 2 heterocycles. The Labute approximate surface area is 263 Å². The summed E-state index contributed by atoms with van der Waals surface area (Å²) in [6.07, 6.45) is 9.43. The highest BCUT2D eigenvalue weighted by Gasteiger charge is 2.62. The second-order valence-corrected chi connectivity index (χ2v) is 14.3. The summed E-state index contributed by atoms with van der Waals surface area (Å²) in [5, 5.41) is 16.2. The molecule has 4 aliphatic rings. The summed E-state index contributed by atoms with van der Waals surface area (Å²) in [6.45, 7) is 9.36. The van der Waals surface area contributed by atoms with Crippen molar-refractivity contribution >= 4 is 41.0 Å². The number of nitrogens with zero attached hydrogens (tertiary/aromatic N) is 1. The number of hydrogen-bond acceptors (Lipinski definition) is 6. The third-order valence-electron chi connectivity index (χ3n) is 9.49. The van der Waals surface area contributed by atoms with Gasteiger partial charge >= 0.3 is 5.97 Å². The molecule has 2 aliphatic carbocycles. The van der Waals surface area contributed by atoms with Gasteiger partial charge in [-0.3, -0.25) is 24.7 Å². The second-order valence-electron chi connectivity index (χ2n) is 13.9. The number of hydroxylamine groups is 1. The fourth-order valence-electron chi connectivity index (χ4n) is 6.83. The van der Waals surface area contributed by atoms with Crippen LogP contribution in [0.4, 0.5) is 0 Å². The monoisotopic (exact) mass is 626 g/mol. The number of hydrogen-bond donors (Lipinski definition) is 4. The molecular weight excluding hydrogens is 584 g/mol. The van der Waals surface area contributed by atoms with Gasteiger partial charge in [-0.2, -0.15) is 0 Å². The normalized spacial score (nSPS) is 29.0. The standard InChI is InChI=1S/C33H43ClN4O6/c1-5-22-16-33(22,30(42)43)36-28(40)25-18-32(17-24(37-44-32)21-12-9-13-23(34)15-21)19-38(25)29(41)27(31(2,3)4)35-26(39)14-20-10-7-6-8-11-20/h5,9,12-13,15,17,20,22,25,27,37H,1,6-8,10-11,14,16,18-19H2,2-4H3,(H,35,39)(H,36,40)(H,42,43)/t22-,25+,27-,32-,33-/m1/s1. The van der Waals surface area contributed by atoms with Crippen molar-refractivity contribution in [2.24, 2.45) is 17.3 Å². The number of aliphatic carboxylic acids is 1. The molecule has 1 saturated heterocycles. The predicted octanol–water partition coefficient (Wildman–Crippen LogP) is 4.20. The van der Waals surface area contributed by atoms with Crippen LogP contribution in [0.3, 0.4) is 0 Å². The van der Waals surface area contributed by atoms with Crippen molar-refractivity contribution < 1.29 is 29.1 Å². The zero-order valence-electron chi connectivity index (χ0n) is 25.7. The zero-order valence-corrected chi connectivity index (χ0v) is 26.4. The van der Waals surface area contributed by atoms with E-state index < -0.39 is 52.3 Å². The van der Waals surface area contributed by atoms with Gasteiger partial charge in [-0.05, 0) is 48.8 Å². The fourth-order valence-corrected chi connectivity index (χ4v) is 7.02. The number of likely N-dealkylation sites (tertiary alicyclic amines) is 1. The number of nitrogens with one attached hydrogen (secondary N) is 3. The third-order valence-corrected chi connectivity index (χ3v) is 9.73. The van der Waals surface area contributed by atoms with Crippen molar-refractivity contribution in [1.82, 2.24) is 21.0 Å². The number of amides is 3. The van der Waals surface area contributed by atoms with Gasteiger partial charge in [-0.25, -0.2) is 4.79 Å². The molecule has 0 radical (unpaired) electrons. The molecule has 44 heavy (non-hydrogen) atoms. The minimum atomic E-state index is -1.46. The van der Waals surface area contributed by atoms with Crippen molar-refractivity contribution in [3.8, 4) is 0 Å². The Hall–Kier alpha value is -3.37. The van der Waals surface area contributed by atoms with Gasteiger partial charge in [0.2, 0.25) is 17.7 Å². The first-order valence-electron chi connectivity index (χ1n) is 15.5. The summed E-state index contributed by atoms with van der Waals surface area (Å²) in [4.78, 5) is 61.2. The van der Waals surface area contributed by atoms with Gasteiger partial charge < -0.3 is 20.6 Å². The number of carboxylic acids is 1. The topological polar surface area (TPSA) is 137 Å². The highest BCUT2D eigenvalue weighted by molar-refractivity contribution is 6.30. The smallest absolute Gasteiger partial charge is 0.330 e. The van der Waals surface area contributed by atoms with Crippen LogP contribution in [-0.4, -0.2) is 63.5 Å². The molecular formula is C33H43ClN4O6. The fraction of sp³-hybridized carbons (Fsp3) is 0.576. The number of carboxylic acid groups (broad SMARTS) is 1. The van der Waals surface area contributed by atoms with Crippen LogP contribution in [0.2, 0.25) is 5.02 Å². The molecule has 1 aromatic rings. The molecule has 238 valence electrons. The van der Waals surface area contributed by atoms with Crippen LogP contribution in [-0.2, 0) is 24.0 Å². The molecule has 5 rings (SSSR count). The van der Waals surface area contributed by atoms with E-state index in [9.17, 15) is 24.3 Å². The van der Waals surface area contributed by atoms with Gasteiger partial charge in [0.1, 0.15) is 23.2 Å². The van der Waals surface area contributed by atoms with Crippen LogP contribution in [0, 0.1) is 17.3 Å². The number of rotatable bonds is 9. The van der Waals surface area contributed by atoms with Gasteiger partial charge in [-0.15, -0.1) is 6.58 Å². The minimum absolute atomic E-state index is 0.0248. The molecule has 1 spiro atoms. The molecule has 3 fully saturated rings. The number of benzene rings is 1. The number of carbonyl (C=O) groups is 4. The van der Waals surface area contributed by atoms with E-state index in [-0.39, 0.29) is 25.3 Å². The van der Waals surface area contributed by atoms with Crippen LogP contribution in [0.1, 0.15) is 77.7 Å². The molecule has 1 aromatic carbocycles. The van der Waals surface area contributed by atoms with E-state index >= 15 is 0 Å². The van der Waals surface area contributed by atoms with Gasteiger partial charge in [-0.1, -0.05) is 69.8 Å². The maximum Gasteiger partial charge on any atom is 0.330 e. The lowest BCUT2D eigenvalue weighted by Gasteiger charge is -2.36. The molecule has 10 nitrogen and oxygen atoms in total. The molecule has 0 bridgehead atoms. The average molecular weight is 627 g/mol. The van der Waals surface area contributed by atoms with E-state index in [1.807, 2.05) is 39.0 Å². The summed E-state index contributed by atoms with van der Waals surface area (Å²) in [7, 11) is 0. The summed E-state index contributed by atoms with van der Waals surface area (Å²) < 4.78 is 0. The first kappa shape index (κ1) is 32.0. The van der Waals surface area contributed by atoms with Crippen molar-refractivity contribution in [1.29, 1.82) is 0 Å². The Morgan fingerprint density at radius 1 is 1.20 bits per heavy atom. The van der Waals surface area contributed by atoms with Crippen molar-refractivity contribution in [2.45, 2.75) is 95.4 Å². The van der Waals surface area contributed by atoms with Gasteiger partial charge in [0, 0.05) is 29.3 Å². The maximum absolute atomic E-state index is 14.4. The molecule has 4 N–H and O–H groups in total. The number of carbonyl (C=O) groups excluding carboxylic acids is 3. The Balaban J connectivity index is 1.42. The molecule has 0 aromatic heterocycles. The van der Waals surface area contributed by atoms with Crippen LogP contribution in [0.25, 0.3) is 5.70 Å². The largest absolute Gasteiger partial charge is 0.479 e. The summed E-state index contributed by atoms with van der Waals surface area (Å²) >= 11 is 6.21. The van der Waals surface area contributed by atoms with Gasteiger partial charge in [0.05, 0.1) is 12.2 Å². The van der Waals surface area contributed by atoms with E-state index in [4.69, 9.17) is 16.4 Å². The molecule has 11 heteroatoms. The highest BCUT2D eigenvalue weighted by Crippen LogP contribution is 2.46. The van der Waals surface area contributed by atoms with Crippen molar-refractivity contribution in [3.05, 3.63) is 53.6 Å². The summed E-state index contributed by atoms with van der Waals surface area (Å²) in [5.74, 6) is -2.45. The summed E-state index contributed by atoms with van der Waals surface area (Å²) in [5.41, 5.74) is 1.16. The molecule has 3 amide bonds. The molecule has 2 aliphatic heterocycles. The summed E-state index contributed by atoms with van der Waals surface area (Å²) in [6, 6.07) is 5.27. The van der Waals surface area contributed by atoms with Crippen LogP contribution < -0.4 is 16.1 Å². The Morgan fingerprint density at radius 3 is 2.55 bits per heavy atom. The Bertz CT molecular complexity index is 1370. The lowest BCUT2D eigenvalue weighted by molar-refractivity contribution is -0.147. The van der Waals surface area contributed by atoms with E-state index in [1.165, 1.54) is 17.4 Å². The van der Waals surface area contributed by atoms with Crippen molar-refractivity contribution in [3.63, 3.8) is 0 Å². The zero-order chi connectivity index (χ0) is 31.9. The second kappa shape index (κ2) is 12.2. The van der Waals surface area contributed by atoms with E-state index in [1.54, 1.807) is 12.1 Å². The molecule has 0 unspecified atom stereocenters. The van der Waals surface area contributed by atoms with E-state index in [0.717, 1.165) is 31.2 Å². The average Bonchev–Trinajstić information content (AvgIpc) is 3.34. The quantitative estimate of drug-likeness (QED) is 0.302. The van der Waals surface area contributed by atoms with Crippen LogP contribution in [0.15, 0.2) is 43.0 Å². The lowest BCUT2D eigenvalue weighted by atomic mass is 9.84. The van der Waals surface area contributed by atoms with E-state index in [2.05, 4.69) is 22.7 Å². The molecule has 2 saturated carbocycles. The minimum Gasteiger partial charge on any atom is -0.479 e. The number of halogens is 1. The van der Waals surface area contributed by atoms with Crippen LogP contribution >= 0.6 is 11.6 Å².